The van der Waals surface area contributed by atoms with Crippen molar-refractivity contribution < 1.29 is 9.94 Å². The van der Waals surface area contributed by atoms with Crippen molar-refractivity contribution in [1.29, 1.82) is 0 Å². The summed E-state index contributed by atoms with van der Waals surface area (Å²) in [7, 11) is 3.07. The van der Waals surface area contributed by atoms with Gasteiger partial charge in [-0.1, -0.05) is 23.2 Å². The maximum absolute atomic E-state index is 9.07. The van der Waals surface area contributed by atoms with Gasteiger partial charge in [0.1, 0.15) is 5.75 Å². The highest BCUT2D eigenvalue weighted by Crippen LogP contribution is 2.30. The Kier molecular flexibility index (Phi) is 4.01. The molecule has 0 amide bonds. The quantitative estimate of drug-likeness (QED) is 0.819. The summed E-state index contributed by atoms with van der Waals surface area (Å²) >= 11 is 11.9. The number of nitrogens with zero attached hydrogens (tertiary/aromatic N) is 1. The van der Waals surface area contributed by atoms with Gasteiger partial charge < -0.3 is 9.94 Å². The molecular formula is C9H11Cl2NO2. The van der Waals surface area contributed by atoms with Crippen LogP contribution >= 0.6 is 23.2 Å². The van der Waals surface area contributed by atoms with E-state index in [9.17, 15) is 0 Å². The monoisotopic (exact) mass is 235 g/mol. The molecule has 0 unspecified atom stereocenters. The standard InChI is InChI=1S/C9H11Cl2NO2/c1-12(13)5-7-8(10)3-6(14-2)4-9(7)11/h3-4,13H,5H2,1-2H3. The molecule has 1 rings (SSSR count). The summed E-state index contributed by atoms with van der Waals surface area (Å²) < 4.78 is 4.99. The Balaban J connectivity index is 3.05. The minimum absolute atomic E-state index is 0.279. The summed E-state index contributed by atoms with van der Waals surface area (Å²) in [6.07, 6.45) is 0. The Morgan fingerprint density at radius 3 is 2.21 bits per heavy atom. The van der Waals surface area contributed by atoms with Gasteiger partial charge in [0.25, 0.3) is 0 Å². The van der Waals surface area contributed by atoms with E-state index < -0.39 is 0 Å². The van der Waals surface area contributed by atoms with Crippen LogP contribution in [0.15, 0.2) is 12.1 Å². The Hall–Kier alpha value is -0.480. The van der Waals surface area contributed by atoms with E-state index >= 15 is 0 Å². The van der Waals surface area contributed by atoms with E-state index in [-0.39, 0.29) is 6.54 Å². The summed E-state index contributed by atoms with van der Waals surface area (Å²) in [5.41, 5.74) is 0.680. The lowest BCUT2D eigenvalue weighted by atomic mass is 10.2. The molecule has 3 nitrogen and oxygen atoms in total. The van der Waals surface area contributed by atoms with E-state index in [0.29, 0.717) is 21.4 Å². The van der Waals surface area contributed by atoms with Crippen LogP contribution in [-0.4, -0.2) is 24.4 Å². The third kappa shape index (κ3) is 2.75. The minimum atomic E-state index is 0.279. The lowest BCUT2D eigenvalue weighted by Crippen LogP contribution is -2.12. The summed E-state index contributed by atoms with van der Waals surface area (Å²) in [5.74, 6) is 0.601. The molecule has 0 bridgehead atoms. The van der Waals surface area contributed by atoms with Crippen LogP contribution in [-0.2, 0) is 6.54 Å². The Morgan fingerprint density at radius 2 is 1.86 bits per heavy atom. The van der Waals surface area contributed by atoms with Gasteiger partial charge in [0.15, 0.2) is 0 Å². The van der Waals surface area contributed by atoms with Gasteiger partial charge in [0.2, 0.25) is 0 Å². The molecule has 0 saturated heterocycles. The number of hydrogen-bond acceptors (Lipinski definition) is 3. The largest absolute Gasteiger partial charge is 0.497 e. The van der Waals surface area contributed by atoms with Crippen molar-refractivity contribution in [3.63, 3.8) is 0 Å². The summed E-state index contributed by atoms with van der Waals surface area (Å²) in [6.45, 7) is 0.279. The number of benzene rings is 1. The highest BCUT2D eigenvalue weighted by Gasteiger charge is 2.09. The fraction of sp³-hybridized carbons (Fsp3) is 0.333. The molecule has 14 heavy (non-hydrogen) atoms. The summed E-state index contributed by atoms with van der Waals surface area (Å²) in [4.78, 5) is 0. The van der Waals surface area contributed by atoms with E-state index in [1.54, 1.807) is 19.2 Å². The molecule has 78 valence electrons. The van der Waals surface area contributed by atoms with Gasteiger partial charge in [-0.3, -0.25) is 0 Å². The van der Waals surface area contributed by atoms with Crippen LogP contribution in [0.5, 0.6) is 5.75 Å². The van der Waals surface area contributed by atoms with Gasteiger partial charge in [-0.15, -0.1) is 0 Å². The molecule has 0 aliphatic rings. The second-order valence-corrected chi connectivity index (χ2v) is 3.70. The van der Waals surface area contributed by atoms with Crippen molar-refractivity contribution in [3.8, 4) is 5.75 Å². The third-order valence-electron chi connectivity index (χ3n) is 1.74. The topological polar surface area (TPSA) is 32.7 Å². The van der Waals surface area contributed by atoms with Crippen molar-refractivity contribution in [2.45, 2.75) is 6.54 Å². The minimum Gasteiger partial charge on any atom is -0.497 e. The maximum Gasteiger partial charge on any atom is 0.121 e. The van der Waals surface area contributed by atoms with Gasteiger partial charge >= 0.3 is 0 Å². The van der Waals surface area contributed by atoms with Crippen LogP contribution in [0.4, 0.5) is 0 Å². The number of halogens is 2. The van der Waals surface area contributed by atoms with Crippen LogP contribution < -0.4 is 4.74 Å². The van der Waals surface area contributed by atoms with Gasteiger partial charge in [-0.2, -0.15) is 5.06 Å². The van der Waals surface area contributed by atoms with Gasteiger partial charge in [-0.05, 0) is 12.1 Å². The van der Waals surface area contributed by atoms with Crippen LogP contribution in [0.25, 0.3) is 0 Å². The lowest BCUT2D eigenvalue weighted by Gasteiger charge is -2.12. The molecule has 0 aromatic heterocycles. The predicted octanol–water partition coefficient (Wildman–Crippen LogP) is 2.82. The molecule has 0 atom stereocenters. The molecule has 0 aliphatic heterocycles. The highest BCUT2D eigenvalue weighted by atomic mass is 35.5. The van der Waals surface area contributed by atoms with E-state index in [1.165, 1.54) is 7.05 Å². The fourth-order valence-corrected chi connectivity index (χ4v) is 1.66. The second-order valence-electron chi connectivity index (χ2n) is 2.89. The predicted molar refractivity (Wildman–Crippen MR) is 56.3 cm³/mol. The normalized spacial score (nSPS) is 10.7. The molecule has 0 aliphatic carbocycles. The number of methoxy groups -OCH3 is 1. The molecule has 1 aromatic carbocycles. The molecule has 1 aromatic rings. The van der Waals surface area contributed by atoms with Crippen LogP contribution in [0, 0.1) is 0 Å². The zero-order valence-electron chi connectivity index (χ0n) is 7.92. The zero-order valence-corrected chi connectivity index (χ0v) is 9.43. The second kappa shape index (κ2) is 4.84. The third-order valence-corrected chi connectivity index (χ3v) is 2.41. The van der Waals surface area contributed by atoms with E-state index in [4.69, 9.17) is 33.1 Å². The van der Waals surface area contributed by atoms with E-state index in [2.05, 4.69) is 0 Å². The SMILES string of the molecule is COc1cc(Cl)c(CN(C)O)c(Cl)c1. The first-order chi connectivity index (χ1) is 6.54. The number of rotatable bonds is 3. The number of hydrogen-bond donors (Lipinski definition) is 1. The molecule has 0 saturated carbocycles. The van der Waals surface area contributed by atoms with Crippen LogP contribution in [0.2, 0.25) is 10.0 Å². The van der Waals surface area contributed by atoms with E-state index in [1.807, 2.05) is 0 Å². The zero-order chi connectivity index (χ0) is 10.7. The van der Waals surface area contributed by atoms with Gasteiger partial charge in [0, 0.05) is 12.6 Å². The molecule has 0 fully saturated rings. The molecule has 0 heterocycles. The summed E-state index contributed by atoms with van der Waals surface area (Å²) in [5, 5.41) is 11.0. The molecule has 0 radical (unpaired) electrons. The Bertz CT molecular complexity index is 306. The van der Waals surface area contributed by atoms with Gasteiger partial charge in [0.05, 0.1) is 23.7 Å². The highest BCUT2D eigenvalue weighted by molar-refractivity contribution is 6.36. The summed E-state index contributed by atoms with van der Waals surface area (Å²) in [6, 6.07) is 3.32. The number of ether oxygens (including phenoxy) is 1. The first kappa shape index (κ1) is 11.6. The Labute approximate surface area is 92.8 Å². The van der Waals surface area contributed by atoms with Gasteiger partial charge in [-0.25, -0.2) is 0 Å². The van der Waals surface area contributed by atoms with Crippen molar-refractivity contribution in [2.75, 3.05) is 14.2 Å². The van der Waals surface area contributed by atoms with Crippen LogP contribution in [0.1, 0.15) is 5.56 Å². The number of hydroxylamine groups is 2. The van der Waals surface area contributed by atoms with Crippen molar-refractivity contribution in [2.24, 2.45) is 0 Å². The average molecular weight is 236 g/mol. The molecular weight excluding hydrogens is 225 g/mol. The van der Waals surface area contributed by atoms with Crippen molar-refractivity contribution in [1.82, 2.24) is 5.06 Å². The molecule has 1 N–H and O–H groups in total. The first-order valence-electron chi connectivity index (χ1n) is 3.96. The van der Waals surface area contributed by atoms with Crippen molar-refractivity contribution in [3.05, 3.63) is 27.7 Å². The van der Waals surface area contributed by atoms with E-state index in [0.717, 1.165) is 5.06 Å². The van der Waals surface area contributed by atoms with Crippen molar-refractivity contribution >= 4 is 23.2 Å². The molecule has 0 spiro atoms. The average Bonchev–Trinajstić information content (AvgIpc) is 2.10. The Morgan fingerprint density at radius 1 is 1.36 bits per heavy atom. The maximum atomic E-state index is 9.07. The first-order valence-corrected chi connectivity index (χ1v) is 4.72. The molecule has 5 heteroatoms. The smallest absolute Gasteiger partial charge is 0.121 e. The lowest BCUT2D eigenvalue weighted by molar-refractivity contribution is -0.0731. The van der Waals surface area contributed by atoms with Crippen LogP contribution in [0.3, 0.4) is 0 Å². The fourth-order valence-electron chi connectivity index (χ4n) is 1.08.